The molecule has 32 heavy (non-hydrogen) atoms. The summed E-state index contributed by atoms with van der Waals surface area (Å²) in [7, 11) is 2.88. The highest BCUT2D eigenvalue weighted by Gasteiger charge is 2.20. The lowest BCUT2D eigenvalue weighted by Crippen LogP contribution is -2.11. The third-order valence-corrected chi connectivity index (χ3v) is 5.07. The van der Waals surface area contributed by atoms with Gasteiger partial charge in [0.05, 0.1) is 42.8 Å². The second-order valence-electron chi connectivity index (χ2n) is 6.77. The monoisotopic (exact) mass is 451 g/mol. The molecule has 0 aliphatic rings. The molecule has 0 aliphatic heterocycles. The molecule has 0 amide bonds. The Balaban J connectivity index is 1.72. The van der Waals surface area contributed by atoms with Crippen LogP contribution >= 0.6 is 11.6 Å². The minimum Gasteiger partial charge on any atom is -0.497 e. The first-order chi connectivity index (χ1) is 15.5. The lowest BCUT2D eigenvalue weighted by Gasteiger charge is -2.06. The molecular formula is C23H18ClN3O5. The quantitative estimate of drug-likeness (QED) is 0.321. The number of nitrogens with zero attached hydrogens (tertiary/aromatic N) is 3. The average Bonchev–Trinajstić information content (AvgIpc) is 3.14. The van der Waals surface area contributed by atoms with E-state index in [1.165, 1.54) is 19.4 Å². The summed E-state index contributed by atoms with van der Waals surface area (Å²) in [5.41, 5.74) is 2.10. The second kappa shape index (κ2) is 9.07. The molecule has 2 aromatic carbocycles. The maximum absolute atomic E-state index is 12.7. The van der Waals surface area contributed by atoms with Gasteiger partial charge in [-0.05, 0) is 48.0 Å². The second-order valence-corrected chi connectivity index (χ2v) is 7.13. The number of benzene rings is 2. The van der Waals surface area contributed by atoms with Crippen LogP contribution in [-0.2, 0) is 11.3 Å². The summed E-state index contributed by atoms with van der Waals surface area (Å²) in [6.07, 6.45) is 1.48. The molecule has 0 saturated heterocycles. The van der Waals surface area contributed by atoms with Crippen LogP contribution in [0.25, 0.3) is 10.9 Å². The molecule has 0 saturated carbocycles. The largest absolute Gasteiger partial charge is 0.497 e. The van der Waals surface area contributed by atoms with Gasteiger partial charge in [0, 0.05) is 6.20 Å². The van der Waals surface area contributed by atoms with E-state index in [0.29, 0.717) is 28.8 Å². The Morgan fingerprint density at radius 1 is 1.03 bits per heavy atom. The summed E-state index contributed by atoms with van der Waals surface area (Å²) in [6.45, 7) is 0.332. The predicted molar refractivity (Wildman–Crippen MR) is 117 cm³/mol. The Hall–Kier alpha value is -3.91. The van der Waals surface area contributed by atoms with Gasteiger partial charge in [-0.1, -0.05) is 23.7 Å². The number of fused-ring (bicyclic) bond motifs is 1. The fourth-order valence-corrected chi connectivity index (χ4v) is 3.42. The number of halogens is 1. The van der Waals surface area contributed by atoms with Crippen molar-refractivity contribution in [2.24, 2.45) is 0 Å². The number of methoxy groups -OCH3 is 2. The molecule has 4 aromatic rings. The number of carbonyl (C=O) groups is 2. The fraction of sp³-hybridized carbons (Fsp3) is 0.130. The van der Waals surface area contributed by atoms with Crippen LogP contribution in [0.5, 0.6) is 11.6 Å². The van der Waals surface area contributed by atoms with Gasteiger partial charge < -0.3 is 14.2 Å². The third-order valence-electron chi connectivity index (χ3n) is 4.77. The molecule has 8 nitrogen and oxygen atoms in total. The van der Waals surface area contributed by atoms with Crippen molar-refractivity contribution in [2.45, 2.75) is 6.54 Å². The van der Waals surface area contributed by atoms with Gasteiger partial charge in [-0.15, -0.1) is 5.10 Å². The van der Waals surface area contributed by atoms with Crippen LogP contribution in [-0.4, -0.2) is 40.9 Å². The predicted octanol–water partition coefficient (Wildman–Crippen LogP) is 4.15. The highest BCUT2D eigenvalue weighted by molar-refractivity contribution is 6.32. The first-order valence-electron chi connectivity index (χ1n) is 9.54. The molecule has 0 radical (unpaired) electrons. The van der Waals surface area contributed by atoms with E-state index in [4.69, 9.17) is 25.8 Å². The van der Waals surface area contributed by atoms with E-state index in [9.17, 15) is 9.59 Å². The van der Waals surface area contributed by atoms with Crippen molar-refractivity contribution in [3.8, 4) is 11.6 Å². The van der Waals surface area contributed by atoms with Crippen molar-refractivity contribution in [2.75, 3.05) is 14.2 Å². The smallest absolute Gasteiger partial charge is 0.348 e. The van der Waals surface area contributed by atoms with Gasteiger partial charge in [0.1, 0.15) is 10.9 Å². The van der Waals surface area contributed by atoms with E-state index >= 15 is 0 Å². The van der Waals surface area contributed by atoms with Crippen LogP contribution in [0, 0.1) is 0 Å². The fourth-order valence-electron chi connectivity index (χ4n) is 3.22. The van der Waals surface area contributed by atoms with Gasteiger partial charge in [-0.2, -0.15) is 0 Å². The van der Waals surface area contributed by atoms with Gasteiger partial charge in [-0.25, -0.2) is 14.6 Å². The van der Waals surface area contributed by atoms with Crippen molar-refractivity contribution in [3.05, 3.63) is 82.6 Å². The van der Waals surface area contributed by atoms with Gasteiger partial charge in [0.2, 0.25) is 5.88 Å². The maximum Gasteiger partial charge on any atom is 0.348 e. The molecule has 0 bridgehead atoms. The van der Waals surface area contributed by atoms with E-state index in [1.54, 1.807) is 48.2 Å². The first kappa shape index (κ1) is 21.3. The van der Waals surface area contributed by atoms with Crippen LogP contribution in [0.15, 0.2) is 60.8 Å². The Bertz CT molecular complexity index is 1320. The van der Waals surface area contributed by atoms with E-state index in [0.717, 1.165) is 5.56 Å². The Morgan fingerprint density at radius 3 is 2.62 bits per heavy atom. The van der Waals surface area contributed by atoms with E-state index in [1.807, 2.05) is 12.1 Å². The average molecular weight is 452 g/mol. The molecule has 0 fully saturated rings. The Kier molecular flexibility index (Phi) is 6.04. The molecule has 0 aliphatic carbocycles. The number of ether oxygens (including phenoxy) is 3. The van der Waals surface area contributed by atoms with Crippen LogP contribution in [0.3, 0.4) is 0 Å². The molecule has 0 unspecified atom stereocenters. The lowest BCUT2D eigenvalue weighted by molar-refractivity contribution is 0.0600. The minimum atomic E-state index is -0.676. The first-order valence-corrected chi connectivity index (χ1v) is 9.92. The molecule has 2 aromatic heterocycles. The normalized spacial score (nSPS) is 10.7. The van der Waals surface area contributed by atoms with Crippen molar-refractivity contribution >= 4 is 34.4 Å². The SMILES string of the molecule is COC(=O)c1cccc(Cn2nc(OC(=O)c3cccnc3Cl)c3cc(OC)ccc32)c1. The molecule has 2 heterocycles. The number of aromatic nitrogens is 3. The van der Waals surface area contributed by atoms with Gasteiger partial charge >= 0.3 is 11.9 Å². The van der Waals surface area contributed by atoms with Gasteiger partial charge in [-0.3, -0.25) is 4.68 Å². The van der Waals surface area contributed by atoms with Crippen LogP contribution < -0.4 is 9.47 Å². The maximum atomic E-state index is 12.7. The summed E-state index contributed by atoms with van der Waals surface area (Å²) in [6, 6.07) is 15.5. The number of pyridine rings is 1. The molecule has 4 rings (SSSR count). The molecular weight excluding hydrogens is 434 g/mol. The Labute approximate surface area is 188 Å². The van der Waals surface area contributed by atoms with Gasteiger partial charge in [0.25, 0.3) is 0 Å². The number of esters is 2. The molecule has 162 valence electrons. The molecule has 0 N–H and O–H groups in total. The molecule has 9 heteroatoms. The zero-order chi connectivity index (χ0) is 22.7. The number of hydrogen-bond donors (Lipinski definition) is 0. The zero-order valence-corrected chi connectivity index (χ0v) is 18.0. The molecule has 0 spiro atoms. The van der Waals surface area contributed by atoms with Crippen molar-refractivity contribution in [1.82, 2.24) is 14.8 Å². The van der Waals surface area contributed by atoms with Crippen LogP contribution in [0.4, 0.5) is 0 Å². The van der Waals surface area contributed by atoms with Crippen LogP contribution in [0.2, 0.25) is 5.15 Å². The van der Waals surface area contributed by atoms with Crippen molar-refractivity contribution in [1.29, 1.82) is 0 Å². The summed E-state index contributed by atoms with van der Waals surface area (Å²) < 4.78 is 17.3. The highest BCUT2D eigenvalue weighted by Crippen LogP contribution is 2.30. The highest BCUT2D eigenvalue weighted by atomic mass is 35.5. The van der Waals surface area contributed by atoms with Crippen molar-refractivity contribution in [3.63, 3.8) is 0 Å². The summed E-state index contributed by atoms with van der Waals surface area (Å²) in [5.74, 6) is -0.413. The standard InChI is InChI=1S/C23H18ClN3O5/c1-30-16-8-9-19-18(12-16)21(32-23(29)17-7-4-10-25-20(17)24)26-27(19)13-14-5-3-6-15(11-14)22(28)31-2/h3-12H,13H2,1-2H3. The van der Waals surface area contributed by atoms with Gasteiger partial charge in [0.15, 0.2) is 0 Å². The van der Waals surface area contributed by atoms with Crippen molar-refractivity contribution < 1.29 is 23.8 Å². The summed E-state index contributed by atoms with van der Waals surface area (Å²) >= 11 is 6.02. The third kappa shape index (κ3) is 4.26. The van der Waals surface area contributed by atoms with E-state index in [2.05, 4.69) is 10.1 Å². The summed E-state index contributed by atoms with van der Waals surface area (Å²) in [5, 5.41) is 5.11. The summed E-state index contributed by atoms with van der Waals surface area (Å²) in [4.78, 5) is 28.4. The number of rotatable bonds is 6. The number of hydrogen-bond acceptors (Lipinski definition) is 7. The minimum absolute atomic E-state index is 0.0402. The number of carbonyl (C=O) groups excluding carboxylic acids is 2. The zero-order valence-electron chi connectivity index (χ0n) is 17.2. The molecule has 0 atom stereocenters. The Morgan fingerprint density at radius 2 is 1.88 bits per heavy atom. The lowest BCUT2D eigenvalue weighted by atomic mass is 10.1. The topological polar surface area (TPSA) is 92.5 Å². The van der Waals surface area contributed by atoms with Crippen LogP contribution in [0.1, 0.15) is 26.3 Å². The van der Waals surface area contributed by atoms with E-state index in [-0.39, 0.29) is 16.6 Å². The van der Waals surface area contributed by atoms with E-state index < -0.39 is 11.9 Å².